The lowest BCUT2D eigenvalue weighted by Crippen LogP contribution is -2.34. The van der Waals surface area contributed by atoms with E-state index in [0.717, 1.165) is 21.2 Å². The number of nitrogens with one attached hydrogen (secondary N) is 2. The number of carbonyl (C=O) groups is 1. The first-order chi connectivity index (χ1) is 14.3. The molecule has 7 nitrogen and oxygen atoms in total. The van der Waals surface area contributed by atoms with E-state index in [9.17, 15) is 4.79 Å². The molecule has 2 aromatic heterocycles. The van der Waals surface area contributed by atoms with Crippen molar-refractivity contribution < 1.29 is 4.79 Å². The first-order valence-electron chi connectivity index (χ1n) is 9.30. The zero-order chi connectivity index (χ0) is 21.3. The first kappa shape index (κ1) is 20.1. The summed E-state index contributed by atoms with van der Waals surface area (Å²) in [7, 11) is 0. The highest BCUT2D eigenvalue weighted by molar-refractivity contribution is 7.80. The van der Waals surface area contributed by atoms with Gasteiger partial charge in [-0.3, -0.25) is 10.1 Å². The van der Waals surface area contributed by atoms with Gasteiger partial charge in [0.15, 0.2) is 5.11 Å². The lowest BCUT2D eigenvalue weighted by Gasteiger charge is -2.19. The molecular formula is C21H20N6OS2. The smallest absolute Gasteiger partial charge is 0.257 e. The summed E-state index contributed by atoms with van der Waals surface area (Å²) >= 11 is 6.76. The van der Waals surface area contributed by atoms with Crippen LogP contribution in [0, 0.1) is 0 Å². The van der Waals surface area contributed by atoms with E-state index >= 15 is 0 Å². The van der Waals surface area contributed by atoms with Crippen LogP contribution in [0.4, 0.5) is 5.69 Å². The van der Waals surface area contributed by atoms with Crippen molar-refractivity contribution in [2.45, 2.75) is 26.2 Å². The minimum atomic E-state index is -0.252. The predicted octanol–water partition coefficient (Wildman–Crippen LogP) is 4.28. The van der Waals surface area contributed by atoms with Gasteiger partial charge in [0.25, 0.3) is 5.91 Å². The van der Waals surface area contributed by atoms with Crippen molar-refractivity contribution in [3.63, 3.8) is 0 Å². The second kappa shape index (κ2) is 7.92. The van der Waals surface area contributed by atoms with Crippen LogP contribution in [-0.4, -0.2) is 30.8 Å². The van der Waals surface area contributed by atoms with Crippen LogP contribution in [0.1, 0.15) is 36.7 Å². The molecule has 0 radical (unpaired) electrons. The number of nitrogens with zero attached hydrogens (tertiary/aromatic N) is 4. The van der Waals surface area contributed by atoms with Crippen molar-refractivity contribution >= 4 is 45.2 Å². The molecule has 9 heteroatoms. The summed E-state index contributed by atoms with van der Waals surface area (Å²) in [6, 6.07) is 15.2. The number of aromatic nitrogens is 4. The molecule has 0 saturated carbocycles. The van der Waals surface area contributed by atoms with Crippen LogP contribution in [0.25, 0.3) is 15.5 Å². The molecule has 4 aromatic rings. The average molecular weight is 437 g/mol. The van der Waals surface area contributed by atoms with E-state index < -0.39 is 0 Å². The molecule has 0 bridgehead atoms. The van der Waals surface area contributed by atoms with Gasteiger partial charge >= 0.3 is 0 Å². The number of fused-ring (bicyclic) bond motifs is 1. The van der Waals surface area contributed by atoms with Crippen molar-refractivity contribution in [2.75, 3.05) is 5.32 Å². The summed E-state index contributed by atoms with van der Waals surface area (Å²) in [6.07, 6.45) is 1.57. The Morgan fingerprint density at radius 3 is 2.60 bits per heavy atom. The van der Waals surface area contributed by atoms with Gasteiger partial charge in [0.05, 0.1) is 0 Å². The first-order valence-corrected chi connectivity index (χ1v) is 10.5. The third-order valence-corrected chi connectivity index (χ3v) is 5.66. The summed E-state index contributed by atoms with van der Waals surface area (Å²) in [5, 5.41) is 19.1. The standard InChI is InChI=1S/C21H20N6OS2/c1-21(2,3)15-9-7-13(8-10-15)17(28)24-19(29)23-16-6-4-5-14(11-16)18-26-27-12-22-25-20(27)30-18/h4-12H,1-3H3,(H2,23,24,28,29). The normalized spacial score (nSPS) is 11.4. The van der Waals surface area contributed by atoms with E-state index in [1.165, 1.54) is 16.9 Å². The Balaban J connectivity index is 1.42. The SMILES string of the molecule is CC(C)(C)c1ccc(C(=O)NC(=S)Nc2cccc(-c3nn4cnnc4s3)c2)cc1. The third-order valence-electron chi connectivity index (χ3n) is 4.49. The van der Waals surface area contributed by atoms with Gasteiger partial charge in [-0.25, -0.2) is 0 Å². The molecule has 0 unspecified atom stereocenters. The number of benzene rings is 2. The van der Waals surface area contributed by atoms with Crippen molar-refractivity contribution in [3.05, 3.63) is 66.0 Å². The molecule has 4 rings (SSSR count). The number of carbonyl (C=O) groups excluding carboxylic acids is 1. The van der Waals surface area contributed by atoms with Gasteiger partial charge in [-0.15, -0.1) is 10.2 Å². The van der Waals surface area contributed by atoms with Gasteiger partial charge < -0.3 is 5.32 Å². The highest BCUT2D eigenvalue weighted by Gasteiger charge is 2.15. The second-order valence-corrected chi connectivity index (χ2v) is 9.15. The van der Waals surface area contributed by atoms with Gasteiger partial charge in [0.1, 0.15) is 11.3 Å². The maximum absolute atomic E-state index is 12.5. The Bertz CT molecular complexity index is 1190. The number of anilines is 1. The van der Waals surface area contributed by atoms with Crippen molar-refractivity contribution in [3.8, 4) is 10.6 Å². The minimum absolute atomic E-state index is 0.0356. The topological polar surface area (TPSA) is 84.2 Å². The molecule has 0 aliphatic rings. The summed E-state index contributed by atoms with van der Waals surface area (Å²) < 4.78 is 1.63. The molecule has 0 aliphatic heterocycles. The predicted molar refractivity (Wildman–Crippen MR) is 123 cm³/mol. The number of thiocarbonyl (C=S) groups is 1. The molecular weight excluding hydrogens is 416 g/mol. The second-order valence-electron chi connectivity index (χ2n) is 7.78. The third kappa shape index (κ3) is 4.37. The fourth-order valence-corrected chi connectivity index (χ4v) is 3.89. The highest BCUT2D eigenvalue weighted by atomic mass is 32.1. The maximum Gasteiger partial charge on any atom is 0.257 e. The number of rotatable bonds is 3. The molecule has 1 amide bonds. The Hall–Kier alpha value is -3.17. The Morgan fingerprint density at radius 2 is 1.90 bits per heavy atom. The molecule has 30 heavy (non-hydrogen) atoms. The van der Waals surface area contributed by atoms with Gasteiger partial charge in [0, 0.05) is 16.8 Å². The average Bonchev–Trinajstić information content (AvgIpc) is 3.30. The largest absolute Gasteiger partial charge is 0.332 e. The van der Waals surface area contributed by atoms with Crippen LogP contribution >= 0.6 is 23.6 Å². The van der Waals surface area contributed by atoms with E-state index in [2.05, 4.69) is 46.7 Å². The lowest BCUT2D eigenvalue weighted by molar-refractivity contribution is 0.0977. The van der Waals surface area contributed by atoms with E-state index in [1.54, 1.807) is 10.8 Å². The Kier molecular flexibility index (Phi) is 5.31. The molecule has 0 aliphatic carbocycles. The lowest BCUT2D eigenvalue weighted by atomic mass is 9.87. The molecule has 0 saturated heterocycles. The number of hydrogen-bond donors (Lipinski definition) is 2. The van der Waals surface area contributed by atoms with E-state index in [0.29, 0.717) is 5.56 Å². The van der Waals surface area contributed by atoms with E-state index in [1.807, 2.05) is 48.5 Å². The summed E-state index contributed by atoms with van der Waals surface area (Å²) in [5.41, 5.74) is 3.44. The summed E-state index contributed by atoms with van der Waals surface area (Å²) in [6.45, 7) is 6.40. The Morgan fingerprint density at radius 1 is 1.13 bits per heavy atom. The summed E-state index contributed by atoms with van der Waals surface area (Å²) in [5.74, 6) is -0.252. The zero-order valence-corrected chi connectivity index (χ0v) is 18.3. The zero-order valence-electron chi connectivity index (χ0n) is 16.7. The van der Waals surface area contributed by atoms with Crippen molar-refractivity contribution in [2.24, 2.45) is 0 Å². The molecule has 0 spiro atoms. The van der Waals surface area contributed by atoms with Crippen LogP contribution in [-0.2, 0) is 5.41 Å². The van der Waals surface area contributed by atoms with Crippen LogP contribution in [0.2, 0.25) is 0 Å². The number of hydrogen-bond acceptors (Lipinski definition) is 6. The molecule has 152 valence electrons. The quantitative estimate of drug-likeness (QED) is 0.467. The fraction of sp³-hybridized carbons (Fsp3) is 0.190. The van der Waals surface area contributed by atoms with Crippen LogP contribution in [0.5, 0.6) is 0 Å². The van der Waals surface area contributed by atoms with E-state index in [4.69, 9.17) is 12.2 Å². The molecule has 0 atom stereocenters. The molecule has 0 fully saturated rings. The van der Waals surface area contributed by atoms with Crippen LogP contribution in [0.15, 0.2) is 54.9 Å². The molecule has 2 aromatic carbocycles. The number of amides is 1. The van der Waals surface area contributed by atoms with Crippen LogP contribution < -0.4 is 10.6 Å². The molecule has 2 N–H and O–H groups in total. The highest BCUT2D eigenvalue weighted by Crippen LogP contribution is 2.27. The van der Waals surface area contributed by atoms with Crippen molar-refractivity contribution in [1.82, 2.24) is 25.1 Å². The van der Waals surface area contributed by atoms with E-state index in [-0.39, 0.29) is 16.4 Å². The maximum atomic E-state index is 12.5. The Labute approximate surface area is 183 Å². The van der Waals surface area contributed by atoms with Gasteiger partial charge in [-0.05, 0) is 47.5 Å². The van der Waals surface area contributed by atoms with Gasteiger partial charge in [-0.1, -0.05) is 56.4 Å². The fourth-order valence-electron chi connectivity index (χ4n) is 2.87. The molecule has 2 heterocycles. The van der Waals surface area contributed by atoms with Gasteiger partial charge in [-0.2, -0.15) is 9.61 Å². The van der Waals surface area contributed by atoms with Crippen molar-refractivity contribution in [1.29, 1.82) is 0 Å². The monoisotopic (exact) mass is 436 g/mol. The van der Waals surface area contributed by atoms with Crippen LogP contribution in [0.3, 0.4) is 0 Å². The minimum Gasteiger partial charge on any atom is -0.332 e. The summed E-state index contributed by atoms with van der Waals surface area (Å²) in [4.78, 5) is 13.2. The van der Waals surface area contributed by atoms with Gasteiger partial charge in [0.2, 0.25) is 4.96 Å².